The smallest absolute Gasteiger partial charge is 0.329 e. The van der Waals surface area contributed by atoms with Crippen LogP contribution >= 0.6 is 0 Å². The standard InChI is InChI=1S/C27H36N2O6S/c1-27(2,3)35-25(30)24-20(12-8-9-17-29(24)26(28)31)18-23(19-10-6-5-7-11-19)36(32,33)22-15-13-21(34-4)14-16-22/h5-7,10-11,13-16,20,23-24H,8-9,12,17-18H2,1-4H3,(H2,28,31). The lowest BCUT2D eigenvalue weighted by atomic mass is 9.88. The van der Waals surface area contributed by atoms with Gasteiger partial charge in [-0.15, -0.1) is 0 Å². The number of primary amides is 1. The molecular weight excluding hydrogens is 480 g/mol. The van der Waals surface area contributed by atoms with E-state index in [0.29, 0.717) is 30.7 Å². The monoisotopic (exact) mass is 516 g/mol. The number of sulfone groups is 1. The Morgan fingerprint density at radius 1 is 1.06 bits per heavy atom. The number of ether oxygens (including phenoxy) is 2. The zero-order chi connectivity index (χ0) is 26.5. The van der Waals surface area contributed by atoms with Crippen LogP contribution in [0.2, 0.25) is 0 Å². The summed E-state index contributed by atoms with van der Waals surface area (Å²) in [7, 11) is -2.34. The van der Waals surface area contributed by atoms with Crippen molar-refractivity contribution < 1.29 is 27.5 Å². The summed E-state index contributed by atoms with van der Waals surface area (Å²) in [5.74, 6) is -0.481. The van der Waals surface area contributed by atoms with Crippen molar-refractivity contribution in [3.05, 3.63) is 60.2 Å². The molecule has 196 valence electrons. The number of carbonyl (C=O) groups excluding carboxylic acids is 2. The van der Waals surface area contributed by atoms with Gasteiger partial charge in [0.2, 0.25) is 0 Å². The van der Waals surface area contributed by atoms with E-state index in [1.165, 1.54) is 24.1 Å². The highest BCUT2D eigenvalue weighted by molar-refractivity contribution is 7.91. The van der Waals surface area contributed by atoms with Crippen molar-refractivity contribution >= 4 is 21.8 Å². The van der Waals surface area contributed by atoms with E-state index in [1.54, 1.807) is 57.2 Å². The van der Waals surface area contributed by atoms with Gasteiger partial charge in [0, 0.05) is 6.54 Å². The minimum Gasteiger partial charge on any atom is -0.497 e. The fourth-order valence-electron chi connectivity index (χ4n) is 4.73. The van der Waals surface area contributed by atoms with Crippen LogP contribution in [0.15, 0.2) is 59.5 Å². The van der Waals surface area contributed by atoms with Gasteiger partial charge in [-0.1, -0.05) is 36.8 Å². The van der Waals surface area contributed by atoms with Crippen molar-refractivity contribution in [3.63, 3.8) is 0 Å². The molecule has 2 amide bonds. The largest absolute Gasteiger partial charge is 0.497 e. The molecule has 0 spiro atoms. The molecular formula is C27H36N2O6S. The number of methoxy groups -OCH3 is 1. The van der Waals surface area contributed by atoms with Gasteiger partial charge in [-0.2, -0.15) is 0 Å². The summed E-state index contributed by atoms with van der Waals surface area (Å²) >= 11 is 0. The summed E-state index contributed by atoms with van der Waals surface area (Å²) in [6.07, 6.45) is 2.10. The van der Waals surface area contributed by atoms with Gasteiger partial charge in [-0.25, -0.2) is 18.0 Å². The Bertz CT molecular complexity index is 1140. The average molecular weight is 517 g/mol. The number of benzene rings is 2. The molecule has 36 heavy (non-hydrogen) atoms. The van der Waals surface area contributed by atoms with Crippen LogP contribution in [0, 0.1) is 5.92 Å². The topological polar surface area (TPSA) is 116 Å². The Kier molecular flexibility index (Phi) is 8.66. The number of nitrogens with zero attached hydrogens (tertiary/aromatic N) is 1. The molecule has 1 saturated heterocycles. The van der Waals surface area contributed by atoms with Gasteiger partial charge in [-0.05, 0) is 75.8 Å². The summed E-state index contributed by atoms with van der Waals surface area (Å²) < 4.78 is 38.8. The van der Waals surface area contributed by atoms with Crippen LogP contribution in [0.1, 0.15) is 57.3 Å². The lowest BCUT2D eigenvalue weighted by molar-refractivity contribution is -0.162. The molecule has 1 aliphatic rings. The Morgan fingerprint density at radius 2 is 1.69 bits per heavy atom. The summed E-state index contributed by atoms with van der Waals surface area (Å²) in [6.45, 7) is 5.58. The molecule has 0 bridgehead atoms. The summed E-state index contributed by atoms with van der Waals surface area (Å²) in [5, 5.41) is -0.935. The highest BCUT2D eigenvalue weighted by Gasteiger charge is 2.43. The quantitative estimate of drug-likeness (QED) is 0.542. The maximum absolute atomic E-state index is 14.0. The molecule has 1 heterocycles. The van der Waals surface area contributed by atoms with Crippen molar-refractivity contribution in [1.29, 1.82) is 0 Å². The summed E-state index contributed by atoms with van der Waals surface area (Å²) in [5.41, 5.74) is 5.53. The minimum absolute atomic E-state index is 0.131. The van der Waals surface area contributed by atoms with Gasteiger partial charge in [0.05, 0.1) is 17.3 Å². The van der Waals surface area contributed by atoms with Crippen LogP contribution in [0.4, 0.5) is 4.79 Å². The third-order valence-corrected chi connectivity index (χ3v) is 8.53. The first-order valence-corrected chi connectivity index (χ1v) is 13.7. The lowest BCUT2D eigenvalue weighted by Gasteiger charge is -2.35. The molecule has 3 atom stereocenters. The average Bonchev–Trinajstić information content (AvgIpc) is 3.04. The molecule has 2 N–H and O–H groups in total. The SMILES string of the molecule is COc1ccc(S(=O)(=O)C(CC2CCCCN(C(N)=O)C2C(=O)OC(C)(C)C)c2ccccc2)cc1. The van der Waals surface area contributed by atoms with E-state index in [-0.39, 0.29) is 11.3 Å². The number of hydrogen-bond acceptors (Lipinski definition) is 6. The molecule has 0 aliphatic carbocycles. The number of amides is 2. The van der Waals surface area contributed by atoms with Gasteiger partial charge in [0.15, 0.2) is 9.84 Å². The fraction of sp³-hybridized carbons (Fsp3) is 0.481. The first-order valence-electron chi connectivity index (χ1n) is 12.2. The van der Waals surface area contributed by atoms with Gasteiger partial charge < -0.3 is 20.1 Å². The van der Waals surface area contributed by atoms with Crippen molar-refractivity contribution in [2.24, 2.45) is 11.7 Å². The van der Waals surface area contributed by atoms with Crippen LogP contribution in [-0.4, -0.2) is 50.6 Å². The molecule has 0 saturated carbocycles. The van der Waals surface area contributed by atoms with Gasteiger partial charge in [0.1, 0.15) is 17.4 Å². The first-order chi connectivity index (χ1) is 16.9. The van der Waals surface area contributed by atoms with Crippen LogP contribution in [0.3, 0.4) is 0 Å². The third kappa shape index (κ3) is 6.57. The normalized spacial score (nSPS) is 19.7. The van der Waals surface area contributed by atoms with Crippen LogP contribution < -0.4 is 10.5 Å². The van der Waals surface area contributed by atoms with E-state index >= 15 is 0 Å². The Hall–Kier alpha value is -3.07. The fourth-order valence-corrected chi connectivity index (χ4v) is 6.59. The number of hydrogen-bond donors (Lipinski definition) is 1. The second-order valence-electron chi connectivity index (χ2n) is 10.1. The Labute approximate surface area is 213 Å². The molecule has 1 aliphatic heterocycles. The van der Waals surface area contributed by atoms with E-state index in [9.17, 15) is 18.0 Å². The molecule has 2 aromatic rings. The summed E-state index contributed by atoms with van der Waals surface area (Å²) in [6, 6.07) is 13.5. The first kappa shape index (κ1) is 27.5. The van der Waals surface area contributed by atoms with Gasteiger partial charge in [0.25, 0.3) is 0 Å². The lowest BCUT2D eigenvalue weighted by Crippen LogP contribution is -2.52. The zero-order valence-corrected chi connectivity index (χ0v) is 22.2. The van der Waals surface area contributed by atoms with E-state index in [0.717, 1.165) is 6.42 Å². The highest BCUT2D eigenvalue weighted by Crippen LogP contribution is 2.39. The molecule has 0 radical (unpaired) electrons. The number of urea groups is 1. The number of rotatable bonds is 7. The predicted molar refractivity (Wildman–Crippen MR) is 137 cm³/mol. The van der Waals surface area contributed by atoms with E-state index in [2.05, 4.69) is 0 Å². The van der Waals surface area contributed by atoms with E-state index < -0.39 is 44.6 Å². The van der Waals surface area contributed by atoms with Crippen molar-refractivity contribution in [2.45, 2.75) is 68.2 Å². The van der Waals surface area contributed by atoms with Crippen LogP contribution in [0.5, 0.6) is 5.75 Å². The number of likely N-dealkylation sites (tertiary alicyclic amines) is 1. The third-order valence-electron chi connectivity index (χ3n) is 6.39. The number of nitrogens with two attached hydrogens (primary N) is 1. The maximum atomic E-state index is 14.0. The van der Waals surface area contributed by atoms with Gasteiger partial charge in [-0.3, -0.25) is 0 Å². The van der Waals surface area contributed by atoms with Crippen molar-refractivity contribution in [2.75, 3.05) is 13.7 Å². The summed E-state index contributed by atoms with van der Waals surface area (Å²) in [4.78, 5) is 27.2. The van der Waals surface area contributed by atoms with Gasteiger partial charge >= 0.3 is 12.0 Å². The van der Waals surface area contributed by atoms with Crippen LogP contribution in [-0.2, 0) is 19.4 Å². The number of carbonyl (C=O) groups is 2. The predicted octanol–water partition coefficient (Wildman–Crippen LogP) is 4.49. The molecule has 1 fully saturated rings. The Morgan fingerprint density at radius 3 is 2.25 bits per heavy atom. The maximum Gasteiger partial charge on any atom is 0.329 e. The van der Waals surface area contributed by atoms with E-state index in [4.69, 9.17) is 15.2 Å². The second-order valence-corrected chi connectivity index (χ2v) is 12.3. The highest BCUT2D eigenvalue weighted by atomic mass is 32.2. The molecule has 3 rings (SSSR count). The van der Waals surface area contributed by atoms with E-state index in [1.807, 2.05) is 6.07 Å². The molecule has 0 aromatic heterocycles. The molecule has 3 unspecified atom stereocenters. The second kappa shape index (κ2) is 11.3. The van der Waals surface area contributed by atoms with Crippen molar-refractivity contribution in [3.8, 4) is 5.75 Å². The molecule has 2 aromatic carbocycles. The van der Waals surface area contributed by atoms with Crippen molar-refractivity contribution in [1.82, 2.24) is 4.90 Å². The zero-order valence-electron chi connectivity index (χ0n) is 21.3. The Balaban J connectivity index is 2.06. The minimum atomic E-state index is -3.85. The number of esters is 1. The molecule has 9 heteroatoms. The molecule has 8 nitrogen and oxygen atoms in total. The van der Waals surface area contributed by atoms with Crippen LogP contribution in [0.25, 0.3) is 0 Å².